The minimum atomic E-state index is -4.66. The first-order valence-electron chi connectivity index (χ1n) is 10.0. The Morgan fingerprint density at radius 2 is 1.43 bits per heavy atom. The number of hydrogen-bond donors (Lipinski definition) is 0. The Hall–Kier alpha value is -2.10. The molecule has 4 heteroatoms. The third kappa shape index (κ3) is 5.46. The molecule has 0 aliphatic heterocycles. The smallest absolute Gasteiger partial charge is 0.206 e. The van der Waals surface area contributed by atoms with Crippen LogP contribution < -0.4 is 0 Å². The van der Waals surface area contributed by atoms with Crippen molar-refractivity contribution in [1.82, 2.24) is 0 Å². The van der Waals surface area contributed by atoms with Crippen LogP contribution in [0.15, 0.2) is 54.6 Å². The standard InChI is InChI=1S/C24H26F4/c1-2-3-17-4-6-18(7-5-17)19-8-10-20(11-9-19)21-12-14-22(15-13-21)23(25)16-24(26,27)28/h8-18H,2-7H2,1H3/b23-16-. The molecular weight excluding hydrogens is 364 g/mol. The molecule has 1 saturated carbocycles. The summed E-state index contributed by atoms with van der Waals surface area (Å²) in [6.45, 7) is 2.25. The van der Waals surface area contributed by atoms with Crippen LogP contribution in [0.25, 0.3) is 17.0 Å². The third-order valence-electron chi connectivity index (χ3n) is 5.71. The summed E-state index contributed by atoms with van der Waals surface area (Å²) in [5, 5.41) is 0. The molecule has 3 rings (SSSR count). The molecule has 0 atom stereocenters. The van der Waals surface area contributed by atoms with Crippen molar-refractivity contribution in [2.75, 3.05) is 0 Å². The molecule has 1 aliphatic carbocycles. The van der Waals surface area contributed by atoms with Gasteiger partial charge >= 0.3 is 6.18 Å². The van der Waals surface area contributed by atoms with E-state index in [0.29, 0.717) is 5.92 Å². The number of alkyl halides is 3. The van der Waals surface area contributed by atoms with Gasteiger partial charge in [-0.2, -0.15) is 13.2 Å². The first-order chi connectivity index (χ1) is 13.4. The zero-order valence-electron chi connectivity index (χ0n) is 16.1. The van der Waals surface area contributed by atoms with E-state index in [2.05, 4.69) is 19.1 Å². The van der Waals surface area contributed by atoms with Crippen LogP contribution in [0.2, 0.25) is 0 Å². The molecule has 2 aromatic rings. The summed E-state index contributed by atoms with van der Waals surface area (Å²) in [7, 11) is 0. The maximum atomic E-state index is 13.6. The van der Waals surface area contributed by atoms with Crippen LogP contribution in [0.4, 0.5) is 17.6 Å². The summed E-state index contributed by atoms with van der Waals surface area (Å²) in [6, 6.07) is 14.5. The number of rotatable bonds is 5. The van der Waals surface area contributed by atoms with Crippen molar-refractivity contribution >= 4 is 5.83 Å². The molecule has 0 N–H and O–H groups in total. The average Bonchev–Trinajstić information content (AvgIpc) is 2.68. The van der Waals surface area contributed by atoms with E-state index in [-0.39, 0.29) is 11.6 Å². The third-order valence-corrected chi connectivity index (χ3v) is 5.71. The molecule has 0 aromatic heterocycles. The molecule has 0 bridgehead atoms. The van der Waals surface area contributed by atoms with Gasteiger partial charge in [0.25, 0.3) is 0 Å². The van der Waals surface area contributed by atoms with Crippen LogP contribution in [-0.2, 0) is 0 Å². The number of benzene rings is 2. The normalized spacial score (nSPS) is 21.0. The van der Waals surface area contributed by atoms with Gasteiger partial charge in [-0.05, 0) is 54.2 Å². The summed E-state index contributed by atoms with van der Waals surface area (Å²) in [5.41, 5.74) is 3.13. The second-order valence-corrected chi connectivity index (χ2v) is 7.74. The van der Waals surface area contributed by atoms with E-state index >= 15 is 0 Å². The van der Waals surface area contributed by atoms with Gasteiger partial charge in [-0.3, -0.25) is 0 Å². The van der Waals surface area contributed by atoms with Crippen molar-refractivity contribution in [1.29, 1.82) is 0 Å². The lowest BCUT2D eigenvalue weighted by atomic mass is 9.77. The van der Waals surface area contributed by atoms with Crippen molar-refractivity contribution in [2.45, 2.75) is 57.5 Å². The average molecular weight is 390 g/mol. The highest BCUT2D eigenvalue weighted by Crippen LogP contribution is 2.38. The molecule has 0 amide bonds. The van der Waals surface area contributed by atoms with Crippen LogP contribution in [0.1, 0.15) is 62.5 Å². The predicted molar refractivity (Wildman–Crippen MR) is 107 cm³/mol. The highest BCUT2D eigenvalue weighted by Gasteiger charge is 2.25. The second kappa shape index (κ2) is 8.93. The van der Waals surface area contributed by atoms with Crippen LogP contribution in [0.3, 0.4) is 0 Å². The van der Waals surface area contributed by atoms with E-state index in [1.807, 2.05) is 12.1 Å². The Labute approximate surface area is 164 Å². The van der Waals surface area contributed by atoms with Gasteiger partial charge in [-0.25, -0.2) is 4.39 Å². The fraction of sp³-hybridized carbons (Fsp3) is 0.417. The van der Waals surface area contributed by atoms with Gasteiger partial charge in [-0.15, -0.1) is 0 Å². The van der Waals surface area contributed by atoms with Gasteiger partial charge in [0.15, 0.2) is 0 Å². The summed E-state index contributed by atoms with van der Waals surface area (Å²) >= 11 is 0. The molecule has 0 heterocycles. The van der Waals surface area contributed by atoms with E-state index in [4.69, 9.17) is 0 Å². The van der Waals surface area contributed by atoms with E-state index in [9.17, 15) is 17.6 Å². The van der Waals surface area contributed by atoms with E-state index in [1.165, 1.54) is 56.2 Å². The zero-order chi connectivity index (χ0) is 20.1. The molecule has 150 valence electrons. The molecular formula is C24H26F4. The Morgan fingerprint density at radius 1 is 0.893 bits per heavy atom. The molecule has 28 heavy (non-hydrogen) atoms. The van der Waals surface area contributed by atoms with Crippen LogP contribution >= 0.6 is 0 Å². The zero-order valence-corrected chi connectivity index (χ0v) is 16.1. The topological polar surface area (TPSA) is 0 Å². The molecule has 0 radical (unpaired) electrons. The van der Waals surface area contributed by atoms with Crippen molar-refractivity contribution in [2.24, 2.45) is 5.92 Å². The maximum absolute atomic E-state index is 13.6. The van der Waals surface area contributed by atoms with Gasteiger partial charge in [0, 0.05) is 5.56 Å². The first-order valence-corrected chi connectivity index (χ1v) is 10.0. The van der Waals surface area contributed by atoms with Gasteiger partial charge in [0.05, 0.1) is 6.08 Å². The Morgan fingerprint density at radius 3 is 1.93 bits per heavy atom. The summed E-state index contributed by atoms with van der Waals surface area (Å²) in [4.78, 5) is 0. The maximum Gasteiger partial charge on any atom is 0.412 e. The molecule has 0 saturated heterocycles. The molecule has 1 fully saturated rings. The van der Waals surface area contributed by atoms with Crippen molar-refractivity contribution < 1.29 is 17.6 Å². The van der Waals surface area contributed by atoms with Gasteiger partial charge in [-0.1, -0.05) is 68.3 Å². The number of hydrogen-bond acceptors (Lipinski definition) is 0. The fourth-order valence-corrected chi connectivity index (χ4v) is 4.19. The number of halogens is 4. The summed E-state index contributed by atoms with van der Waals surface area (Å²) in [6.07, 6.45) is 2.71. The van der Waals surface area contributed by atoms with Crippen LogP contribution in [0.5, 0.6) is 0 Å². The monoisotopic (exact) mass is 390 g/mol. The fourth-order valence-electron chi connectivity index (χ4n) is 4.19. The van der Waals surface area contributed by atoms with Gasteiger partial charge in [0.2, 0.25) is 0 Å². The van der Waals surface area contributed by atoms with Crippen molar-refractivity contribution in [3.8, 4) is 11.1 Å². The molecule has 2 aromatic carbocycles. The Kier molecular flexibility index (Phi) is 6.58. The Balaban J connectivity index is 1.66. The number of allylic oxidation sites excluding steroid dienone is 1. The van der Waals surface area contributed by atoms with E-state index in [0.717, 1.165) is 17.0 Å². The summed E-state index contributed by atoms with van der Waals surface area (Å²) in [5.74, 6) is 0.227. The SMILES string of the molecule is CCCC1CCC(c2ccc(-c3ccc(/C(F)=C/C(F)(F)F)cc3)cc2)CC1. The highest BCUT2D eigenvalue weighted by molar-refractivity contribution is 5.68. The first kappa shape index (κ1) is 20.6. The van der Waals surface area contributed by atoms with E-state index < -0.39 is 12.0 Å². The molecule has 1 aliphatic rings. The molecule has 0 nitrogen and oxygen atoms in total. The quantitative estimate of drug-likeness (QED) is 0.450. The predicted octanol–water partition coefficient (Wildman–Crippen LogP) is 8.30. The van der Waals surface area contributed by atoms with Crippen molar-refractivity contribution in [3.05, 3.63) is 65.7 Å². The van der Waals surface area contributed by atoms with E-state index in [1.54, 1.807) is 12.1 Å². The van der Waals surface area contributed by atoms with Gasteiger partial charge in [0.1, 0.15) is 5.83 Å². The van der Waals surface area contributed by atoms with Crippen molar-refractivity contribution in [3.63, 3.8) is 0 Å². The summed E-state index contributed by atoms with van der Waals surface area (Å²) < 4.78 is 50.5. The lowest BCUT2D eigenvalue weighted by molar-refractivity contribution is -0.0798. The van der Waals surface area contributed by atoms with Crippen LogP contribution in [-0.4, -0.2) is 6.18 Å². The minimum Gasteiger partial charge on any atom is -0.206 e. The van der Waals surface area contributed by atoms with Crippen LogP contribution in [0, 0.1) is 5.92 Å². The molecule has 0 unspecified atom stereocenters. The Bertz CT molecular complexity index is 777. The lowest BCUT2D eigenvalue weighted by Crippen LogP contribution is -2.13. The lowest BCUT2D eigenvalue weighted by Gasteiger charge is -2.28. The minimum absolute atomic E-state index is 0.0680. The molecule has 0 spiro atoms. The van der Waals surface area contributed by atoms with Gasteiger partial charge < -0.3 is 0 Å². The highest BCUT2D eigenvalue weighted by atomic mass is 19.4. The largest absolute Gasteiger partial charge is 0.412 e. The second-order valence-electron chi connectivity index (χ2n) is 7.74.